The number of amides is 1. The molecule has 6 heteroatoms. The van der Waals surface area contributed by atoms with E-state index in [1.165, 1.54) is 22.3 Å². The minimum absolute atomic E-state index is 0.0379. The highest BCUT2D eigenvalue weighted by Gasteiger charge is 2.24. The molecular formula is C31H29ClN4O. The molecular weight excluding hydrogens is 480 g/mol. The molecule has 1 aromatic heterocycles. The SMILES string of the molecule is Cc1ccc(Cl)cc1CN1CCNc2ncc(-c3ccc(C(=O)NC4CCc5ccccc54)cc3)cc21. The molecule has 6 rings (SSSR count). The highest BCUT2D eigenvalue weighted by molar-refractivity contribution is 6.30. The van der Waals surface area contributed by atoms with E-state index in [1.807, 2.05) is 48.7 Å². The molecule has 0 spiro atoms. The number of halogens is 1. The van der Waals surface area contributed by atoms with Gasteiger partial charge in [-0.2, -0.15) is 0 Å². The fourth-order valence-electron chi connectivity index (χ4n) is 5.36. The molecule has 0 bridgehead atoms. The van der Waals surface area contributed by atoms with Crippen LogP contribution in [0.15, 0.2) is 79.0 Å². The highest BCUT2D eigenvalue weighted by atomic mass is 35.5. The fraction of sp³-hybridized carbons (Fsp3) is 0.226. The van der Waals surface area contributed by atoms with Crippen molar-refractivity contribution in [1.82, 2.24) is 10.3 Å². The van der Waals surface area contributed by atoms with Crippen LogP contribution in [0.4, 0.5) is 11.5 Å². The lowest BCUT2D eigenvalue weighted by Gasteiger charge is -2.32. The van der Waals surface area contributed by atoms with E-state index in [0.29, 0.717) is 5.56 Å². The lowest BCUT2D eigenvalue weighted by Crippen LogP contribution is -2.34. The second kappa shape index (κ2) is 9.91. The second-order valence-electron chi connectivity index (χ2n) is 9.85. The number of nitrogens with one attached hydrogen (secondary N) is 2. The zero-order valence-electron chi connectivity index (χ0n) is 20.8. The van der Waals surface area contributed by atoms with Crippen LogP contribution in [0.25, 0.3) is 11.1 Å². The molecule has 2 aliphatic rings. The number of nitrogens with zero attached hydrogens (tertiary/aromatic N) is 2. The van der Waals surface area contributed by atoms with Gasteiger partial charge in [0, 0.05) is 42.0 Å². The van der Waals surface area contributed by atoms with Gasteiger partial charge in [0.25, 0.3) is 5.91 Å². The number of anilines is 2. The number of carbonyl (C=O) groups excluding carboxylic acids is 1. The van der Waals surface area contributed by atoms with Gasteiger partial charge in [-0.05, 0) is 77.9 Å². The summed E-state index contributed by atoms with van der Waals surface area (Å²) in [4.78, 5) is 20.0. The van der Waals surface area contributed by atoms with Gasteiger partial charge in [-0.3, -0.25) is 4.79 Å². The van der Waals surface area contributed by atoms with Crippen LogP contribution >= 0.6 is 11.6 Å². The molecule has 0 saturated heterocycles. The Hall–Kier alpha value is -3.83. The molecule has 0 radical (unpaired) electrons. The Balaban J connectivity index is 1.20. The molecule has 186 valence electrons. The van der Waals surface area contributed by atoms with Gasteiger partial charge in [0.05, 0.1) is 11.7 Å². The summed E-state index contributed by atoms with van der Waals surface area (Å²) < 4.78 is 0. The molecule has 1 unspecified atom stereocenters. The third kappa shape index (κ3) is 4.79. The smallest absolute Gasteiger partial charge is 0.251 e. The van der Waals surface area contributed by atoms with E-state index in [4.69, 9.17) is 16.6 Å². The minimum atomic E-state index is -0.0379. The van der Waals surface area contributed by atoms with Crippen LogP contribution < -0.4 is 15.5 Å². The number of aromatic nitrogens is 1. The van der Waals surface area contributed by atoms with Crippen LogP contribution in [-0.4, -0.2) is 24.0 Å². The molecule has 1 aliphatic heterocycles. The van der Waals surface area contributed by atoms with Crippen LogP contribution in [-0.2, 0) is 13.0 Å². The van der Waals surface area contributed by atoms with Crippen LogP contribution in [0.2, 0.25) is 5.02 Å². The summed E-state index contributed by atoms with van der Waals surface area (Å²) in [5, 5.41) is 7.38. The summed E-state index contributed by atoms with van der Waals surface area (Å²) in [7, 11) is 0. The van der Waals surface area contributed by atoms with Gasteiger partial charge in [0.2, 0.25) is 0 Å². The largest absolute Gasteiger partial charge is 0.367 e. The van der Waals surface area contributed by atoms with Gasteiger partial charge in [0.1, 0.15) is 5.82 Å². The molecule has 1 aliphatic carbocycles. The number of carbonyl (C=O) groups is 1. The van der Waals surface area contributed by atoms with E-state index < -0.39 is 0 Å². The predicted molar refractivity (Wildman–Crippen MR) is 150 cm³/mol. The molecule has 0 saturated carbocycles. The van der Waals surface area contributed by atoms with Crippen LogP contribution in [0.5, 0.6) is 0 Å². The van der Waals surface area contributed by atoms with Gasteiger partial charge < -0.3 is 15.5 Å². The summed E-state index contributed by atoms with van der Waals surface area (Å²) in [6, 6.07) is 24.5. The molecule has 3 aromatic carbocycles. The van der Waals surface area contributed by atoms with Gasteiger partial charge in [-0.1, -0.05) is 54.1 Å². The van der Waals surface area contributed by atoms with E-state index in [-0.39, 0.29) is 11.9 Å². The molecule has 1 amide bonds. The van der Waals surface area contributed by atoms with Gasteiger partial charge in [0.15, 0.2) is 0 Å². The molecule has 1 atom stereocenters. The van der Waals surface area contributed by atoms with Crippen molar-refractivity contribution in [1.29, 1.82) is 0 Å². The third-order valence-electron chi connectivity index (χ3n) is 7.47. The number of pyridine rings is 1. The molecule has 2 N–H and O–H groups in total. The van der Waals surface area contributed by atoms with E-state index in [0.717, 1.165) is 60.1 Å². The number of rotatable bonds is 5. The summed E-state index contributed by atoms with van der Waals surface area (Å²) >= 11 is 6.27. The van der Waals surface area contributed by atoms with Crippen molar-refractivity contribution in [2.24, 2.45) is 0 Å². The summed E-state index contributed by atoms with van der Waals surface area (Å²) in [5.41, 5.74) is 8.79. The van der Waals surface area contributed by atoms with E-state index >= 15 is 0 Å². The lowest BCUT2D eigenvalue weighted by molar-refractivity contribution is 0.0936. The van der Waals surface area contributed by atoms with E-state index in [1.54, 1.807) is 0 Å². The van der Waals surface area contributed by atoms with Gasteiger partial charge >= 0.3 is 0 Å². The summed E-state index contributed by atoms with van der Waals surface area (Å²) in [5.74, 6) is 0.853. The number of aryl methyl sites for hydroxylation is 2. The predicted octanol–water partition coefficient (Wildman–Crippen LogP) is 6.56. The maximum absolute atomic E-state index is 13.0. The molecule has 4 aromatic rings. The van der Waals surface area contributed by atoms with Crippen molar-refractivity contribution >= 4 is 29.0 Å². The van der Waals surface area contributed by atoms with Crippen molar-refractivity contribution < 1.29 is 4.79 Å². The first-order valence-electron chi connectivity index (χ1n) is 12.8. The first kappa shape index (κ1) is 23.6. The van der Waals surface area contributed by atoms with Crippen molar-refractivity contribution in [3.63, 3.8) is 0 Å². The van der Waals surface area contributed by atoms with Gasteiger partial charge in [-0.25, -0.2) is 4.98 Å². The quantitative estimate of drug-likeness (QED) is 0.320. The topological polar surface area (TPSA) is 57.3 Å². The average molecular weight is 509 g/mol. The highest BCUT2D eigenvalue weighted by Crippen LogP contribution is 2.34. The molecule has 5 nitrogen and oxygen atoms in total. The Morgan fingerprint density at radius 3 is 2.78 bits per heavy atom. The average Bonchev–Trinajstić information content (AvgIpc) is 3.33. The van der Waals surface area contributed by atoms with Crippen molar-refractivity contribution in [2.75, 3.05) is 23.3 Å². The standard InChI is InChI=1S/C31H29ClN4O/c1-20-6-12-26(32)16-25(20)19-36-15-14-33-30-29(36)17-24(18-34-30)21-7-9-23(10-8-21)31(37)35-28-13-11-22-4-2-3-5-27(22)28/h2-10,12,16-18,28H,11,13-15,19H2,1H3,(H,33,34)(H,35,37). The van der Waals surface area contributed by atoms with Crippen LogP contribution in [0, 0.1) is 6.92 Å². The zero-order valence-corrected chi connectivity index (χ0v) is 21.6. The van der Waals surface area contributed by atoms with Crippen molar-refractivity contribution in [3.8, 4) is 11.1 Å². The van der Waals surface area contributed by atoms with Crippen LogP contribution in [0.1, 0.15) is 45.1 Å². The normalized spacial score (nSPS) is 16.1. The summed E-state index contributed by atoms with van der Waals surface area (Å²) in [6.45, 7) is 4.62. The number of hydrogen-bond donors (Lipinski definition) is 2. The second-order valence-corrected chi connectivity index (χ2v) is 10.3. The Labute approximate surface area is 222 Å². The monoisotopic (exact) mass is 508 g/mol. The summed E-state index contributed by atoms with van der Waals surface area (Å²) in [6.07, 6.45) is 3.85. The van der Waals surface area contributed by atoms with Crippen molar-refractivity contribution in [3.05, 3.63) is 112 Å². The van der Waals surface area contributed by atoms with Crippen molar-refractivity contribution in [2.45, 2.75) is 32.4 Å². The number of hydrogen-bond acceptors (Lipinski definition) is 4. The number of fused-ring (bicyclic) bond motifs is 2. The van der Waals surface area contributed by atoms with E-state index in [9.17, 15) is 4.79 Å². The molecule has 2 heterocycles. The minimum Gasteiger partial charge on any atom is -0.367 e. The Morgan fingerprint density at radius 2 is 1.92 bits per heavy atom. The Morgan fingerprint density at radius 1 is 1.08 bits per heavy atom. The Kier molecular flexibility index (Phi) is 6.31. The third-order valence-corrected chi connectivity index (χ3v) is 7.71. The number of benzene rings is 3. The zero-order chi connectivity index (χ0) is 25.4. The maximum Gasteiger partial charge on any atom is 0.251 e. The first-order chi connectivity index (χ1) is 18.0. The molecule has 37 heavy (non-hydrogen) atoms. The lowest BCUT2D eigenvalue weighted by atomic mass is 10.0. The van der Waals surface area contributed by atoms with Gasteiger partial charge in [-0.15, -0.1) is 0 Å². The molecule has 0 fully saturated rings. The van der Waals surface area contributed by atoms with Crippen LogP contribution in [0.3, 0.4) is 0 Å². The Bertz CT molecular complexity index is 1470. The maximum atomic E-state index is 13.0. The first-order valence-corrected chi connectivity index (χ1v) is 13.2. The van der Waals surface area contributed by atoms with E-state index in [2.05, 4.69) is 52.8 Å². The fourth-order valence-corrected chi connectivity index (χ4v) is 5.56.